The Morgan fingerprint density at radius 1 is 0.885 bits per heavy atom. The number of benzene rings is 2. The van der Waals surface area contributed by atoms with Crippen molar-refractivity contribution in [2.45, 2.75) is 48.5 Å². The van der Waals surface area contributed by atoms with Gasteiger partial charge in [0.05, 0.1) is 5.41 Å². The van der Waals surface area contributed by atoms with Crippen LogP contribution in [0.2, 0.25) is 0 Å². The Balaban J connectivity index is 0.00000312. The van der Waals surface area contributed by atoms with E-state index in [4.69, 9.17) is 4.74 Å². The summed E-state index contributed by atoms with van der Waals surface area (Å²) in [7, 11) is 0. The molecule has 0 amide bonds. The molecule has 3 nitrogen and oxygen atoms in total. The van der Waals surface area contributed by atoms with Crippen LogP contribution >= 0.6 is 0 Å². The molecule has 2 aromatic rings. The predicted octanol–water partition coefficient (Wildman–Crippen LogP) is 1.24. The molecule has 0 radical (unpaired) electrons. The molecule has 136 valence electrons. The van der Waals surface area contributed by atoms with Gasteiger partial charge >= 0.3 is 29.0 Å². The molecule has 0 aliphatic carbocycles. The molecule has 0 atom stereocenters. The third kappa shape index (κ3) is 4.93. The van der Waals surface area contributed by atoms with Crippen molar-refractivity contribution in [1.29, 1.82) is 0 Å². The molecule has 0 N–H and O–H groups in total. The molecule has 2 aromatic carbocycles. The Hall–Kier alpha value is -1.23. The topological polar surface area (TPSA) is 49.4 Å². The third-order valence-corrected chi connectivity index (χ3v) is 4.46. The van der Waals surface area contributed by atoms with Crippen molar-refractivity contribution in [3.8, 4) is 22.6 Å². The van der Waals surface area contributed by atoms with Crippen molar-refractivity contribution in [3.05, 3.63) is 46.5 Å². The van der Waals surface area contributed by atoms with E-state index < -0.39 is 5.41 Å². The summed E-state index contributed by atoms with van der Waals surface area (Å²) < 4.78 is 5.67. The van der Waals surface area contributed by atoms with E-state index in [1.54, 1.807) is 12.1 Å². The van der Waals surface area contributed by atoms with Crippen molar-refractivity contribution in [2.24, 2.45) is 5.41 Å². The fourth-order valence-electron chi connectivity index (χ4n) is 2.54. The standard InChI is InChI=1S/C21H26O3.ClH.Mg/c1-12-8-10-16(22)18(14(12)3)19-15(4)13(2)9-11-17(19)24-20(23)21(5,6)7;;/h8-11,22H,1-7H3;1H;/q;;+2/p-2. The number of carbonyl (C=O) groups excluding carboxylic acids is 1. The Kier molecular flexibility index (Phi) is 8.68. The van der Waals surface area contributed by atoms with Crippen LogP contribution in [0.15, 0.2) is 24.3 Å². The maximum Gasteiger partial charge on any atom is 2.00 e. The van der Waals surface area contributed by atoms with Gasteiger partial charge in [0.1, 0.15) is 5.75 Å². The molecule has 0 aliphatic rings. The average molecular weight is 385 g/mol. The third-order valence-electron chi connectivity index (χ3n) is 4.46. The van der Waals surface area contributed by atoms with E-state index in [1.807, 2.05) is 60.6 Å². The van der Waals surface area contributed by atoms with E-state index >= 15 is 0 Å². The molecule has 0 fully saturated rings. The average Bonchev–Trinajstić information content (AvgIpc) is 2.48. The summed E-state index contributed by atoms with van der Waals surface area (Å²) in [5.74, 6) is 0.0773. The number of esters is 1. The molecule has 0 aliphatic heterocycles. The van der Waals surface area contributed by atoms with Gasteiger partial charge in [0.15, 0.2) is 0 Å². The second-order valence-electron chi connectivity index (χ2n) is 7.40. The van der Waals surface area contributed by atoms with Crippen LogP contribution in [0.3, 0.4) is 0 Å². The van der Waals surface area contributed by atoms with E-state index in [-0.39, 0.29) is 47.2 Å². The Morgan fingerprint density at radius 3 is 1.85 bits per heavy atom. The van der Waals surface area contributed by atoms with Gasteiger partial charge in [-0.3, -0.25) is 4.79 Å². The second kappa shape index (κ2) is 9.11. The number of halogens is 1. The molecule has 0 aromatic heterocycles. The van der Waals surface area contributed by atoms with E-state index in [9.17, 15) is 9.90 Å². The van der Waals surface area contributed by atoms with E-state index in [1.165, 1.54) is 0 Å². The van der Waals surface area contributed by atoms with Gasteiger partial charge in [0.2, 0.25) is 0 Å². The number of hydrogen-bond donors (Lipinski definition) is 0. The van der Waals surface area contributed by atoms with Gasteiger partial charge in [-0.15, -0.1) is 5.75 Å². The maximum atomic E-state index is 12.6. The zero-order valence-electron chi connectivity index (χ0n) is 16.6. The first-order valence-corrected chi connectivity index (χ1v) is 8.14. The summed E-state index contributed by atoms with van der Waals surface area (Å²) in [5, 5.41) is 12.6. The Labute approximate surface area is 178 Å². The molecule has 2 rings (SSSR count). The molecule has 26 heavy (non-hydrogen) atoms. The fraction of sp³-hybridized carbons (Fsp3) is 0.381. The van der Waals surface area contributed by atoms with Gasteiger partial charge in [0, 0.05) is 5.56 Å². The minimum absolute atomic E-state index is 0. The van der Waals surface area contributed by atoms with Crippen LogP contribution < -0.4 is 22.3 Å². The summed E-state index contributed by atoms with van der Waals surface area (Å²) in [4.78, 5) is 12.4. The van der Waals surface area contributed by atoms with Crippen LogP contribution in [0.25, 0.3) is 11.1 Å². The zero-order valence-corrected chi connectivity index (χ0v) is 18.8. The monoisotopic (exact) mass is 384 g/mol. The van der Waals surface area contributed by atoms with E-state index in [0.29, 0.717) is 11.3 Å². The van der Waals surface area contributed by atoms with Crippen molar-refractivity contribution < 1.29 is 27.0 Å². The van der Waals surface area contributed by atoms with E-state index in [2.05, 4.69) is 0 Å². The van der Waals surface area contributed by atoms with E-state index in [0.717, 1.165) is 27.8 Å². The summed E-state index contributed by atoms with van der Waals surface area (Å²) in [5.41, 5.74) is 4.70. The van der Waals surface area contributed by atoms with Crippen LogP contribution in [0, 0.1) is 33.1 Å². The van der Waals surface area contributed by atoms with Crippen LogP contribution in [0.4, 0.5) is 0 Å². The fourth-order valence-corrected chi connectivity index (χ4v) is 2.54. The van der Waals surface area contributed by atoms with Gasteiger partial charge < -0.3 is 22.3 Å². The number of carbonyl (C=O) groups is 1. The Morgan fingerprint density at radius 2 is 1.35 bits per heavy atom. The van der Waals surface area contributed by atoms with Crippen molar-refractivity contribution in [2.75, 3.05) is 0 Å². The smallest absolute Gasteiger partial charge is 1.00 e. The van der Waals surface area contributed by atoms with Gasteiger partial charge in [-0.1, -0.05) is 18.2 Å². The Bertz CT molecular complexity index is 808. The second-order valence-corrected chi connectivity index (χ2v) is 7.40. The van der Waals surface area contributed by atoms with Gasteiger partial charge in [-0.05, 0) is 82.3 Å². The SMILES string of the molecule is Cc1ccc([O-])c(-c2c(OC(=O)C(C)(C)C)ccc(C)c2C)c1C.[Cl-].[Mg+2]. The zero-order chi connectivity index (χ0) is 18.2. The van der Waals surface area contributed by atoms with Crippen molar-refractivity contribution in [1.82, 2.24) is 0 Å². The first-order valence-electron chi connectivity index (χ1n) is 8.14. The first-order chi connectivity index (χ1) is 11.0. The van der Waals surface area contributed by atoms with Crippen LogP contribution in [-0.4, -0.2) is 29.0 Å². The summed E-state index contributed by atoms with van der Waals surface area (Å²) in [6, 6.07) is 7.10. The summed E-state index contributed by atoms with van der Waals surface area (Å²) in [6.07, 6.45) is 0. The maximum absolute atomic E-state index is 12.6. The van der Waals surface area contributed by atoms with Crippen molar-refractivity contribution in [3.63, 3.8) is 0 Å². The van der Waals surface area contributed by atoms with Gasteiger partial charge in [-0.25, -0.2) is 0 Å². The molecule has 0 spiro atoms. The normalized spacial score (nSPS) is 10.6. The summed E-state index contributed by atoms with van der Waals surface area (Å²) >= 11 is 0. The van der Waals surface area contributed by atoms with Crippen LogP contribution in [0.1, 0.15) is 43.0 Å². The van der Waals surface area contributed by atoms with Crippen LogP contribution in [0.5, 0.6) is 11.5 Å². The minimum Gasteiger partial charge on any atom is -1.00 e. The minimum atomic E-state index is -0.613. The predicted molar refractivity (Wildman–Crippen MR) is 101 cm³/mol. The molecular formula is C21H25ClMgO3. The quantitative estimate of drug-likeness (QED) is 0.444. The van der Waals surface area contributed by atoms with Gasteiger partial charge in [-0.2, -0.15) is 0 Å². The molecule has 0 unspecified atom stereocenters. The number of rotatable bonds is 2. The summed E-state index contributed by atoms with van der Waals surface area (Å²) in [6.45, 7) is 13.3. The number of hydrogen-bond acceptors (Lipinski definition) is 3. The molecule has 5 heteroatoms. The molecule has 0 heterocycles. The molecule has 0 saturated carbocycles. The first kappa shape index (κ1) is 24.8. The number of aryl methyl sites for hydroxylation is 2. The van der Waals surface area contributed by atoms with Crippen molar-refractivity contribution >= 4 is 29.0 Å². The van der Waals surface area contributed by atoms with Crippen LogP contribution in [-0.2, 0) is 4.79 Å². The number of ether oxygens (including phenoxy) is 1. The largest absolute Gasteiger partial charge is 2.00 e. The van der Waals surface area contributed by atoms with Gasteiger partial charge in [0.25, 0.3) is 0 Å². The molecular weight excluding hydrogens is 360 g/mol. The molecule has 0 saturated heterocycles. The molecule has 0 bridgehead atoms.